The Kier molecular flexibility index (Phi) is 10.5. The number of carbonyl (C=O) groups is 2. The summed E-state index contributed by atoms with van der Waals surface area (Å²) in [5.74, 6) is -0.760. The van der Waals surface area contributed by atoms with Gasteiger partial charge in [0.05, 0.1) is 10.6 Å². The predicted molar refractivity (Wildman–Crippen MR) is 156 cm³/mol. The Morgan fingerprint density at radius 2 is 1.62 bits per heavy atom. The number of carbonyl (C=O) groups excluding carboxylic acids is 2. The monoisotopic (exact) mass is 569 g/mol. The number of amides is 2. The SMILES string of the molecule is CCCNC(=O)[C@@H](CC)N(Cc1ccc(C)cc1)C(=O)CN(c1cc(Cl)ccc1C)S(=O)(=O)c1ccccc1. The van der Waals surface area contributed by atoms with E-state index in [1.807, 2.05) is 45.0 Å². The van der Waals surface area contributed by atoms with E-state index in [1.165, 1.54) is 17.0 Å². The molecule has 0 saturated heterocycles. The second-order valence-corrected chi connectivity index (χ2v) is 11.8. The van der Waals surface area contributed by atoms with Gasteiger partial charge < -0.3 is 10.2 Å². The zero-order valence-electron chi connectivity index (χ0n) is 22.9. The van der Waals surface area contributed by atoms with Crippen molar-refractivity contribution in [1.29, 1.82) is 0 Å². The molecule has 3 aromatic carbocycles. The maximum absolute atomic E-state index is 14.1. The van der Waals surface area contributed by atoms with Crippen molar-refractivity contribution >= 4 is 39.1 Å². The molecule has 0 radical (unpaired) electrons. The lowest BCUT2D eigenvalue weighted by molar-refractivity contribution is -0.140. The van der Waals surface area contributed by atoms with Crippen LogP contribution in [0.2, 0.25) is 5.02 Å². The van der Waals surface area contributed by atoms with Gasteiger partial charge in [-0.2, -0.15) is 0 Å². The highest BCUT2D eigenvalue weighted by Gasteiger charge is 2.34. The van der Waals surface area contributed by atoms with Crippen molar-refractivity contribution in [3.05, 3.63) is 94.5 Å². The van der Waals surface area contributed by atoms with Crippen molar-refractivity contribution in [3.63, 3.8) is 0 Å². The minimum absolute atomic E-state index is 0.0509. The normalized spacial score (nSPS) is 12.0. The summed E-state index contributed by atoms with van der Waals surface area (Å²) in [6.07, 6.45) is 1.13. The summed E-state index contributed by atoms with van der Waals surface area (Å²) in [5, 5.41) is 3.23. The van der Waals surface area contributed by atoms with Crippen LogP contribution in [0.5, 0.6) is 0 Å². The fraction of sp³-hybridized carbons (Fsp3) is 0.333. The highest BCUT2D eigenvalue weighted by Crippen LogP contribution is 2.30. The number of hydrogen-bond donors (Lipinski definition) is 1. The summed E-state index contributed by atoms with van der Waals surface area (Å²) in [6.45, 7) is 7.67. The molecule has 39 heavy (non-hydrogen) atoms. The van der Waals surface area contributed by atoms with Crippen molar-refractivity contribution in [2.45, 2.75) is 58.0 Å². The molecule has 9 heteroatoms. The third kappa shape index (κ3) is 7.61. The number of halogens is 1. The van der Waals surface area contributed by atoms with Gasteiger partial charge in [0.25, 0.3) is 10.0 Å². The maximum atomic E-state index is 14.1. The molecule has 0 fully saturated rings. The molecule has 0 aliphatic carbocycles. The van der Waals surface area contributed by atoms with Gasteiger partial charge in [0.2, 0.25) is 11.8 Å². The Morgan fingerprint density at radius 1 is 0.949 bits per heavy atom. The number of nitrogens with zero attached hydrogens (tertiary/aromatic N) is 2. The van der Waals surface area contributed by atoms with Crippen LogP contribution < -0.4 is 9.62 Å². The van der Waals surface area contributed by atoms with Gasteiger partial charge in [0, 0.05) is 18.1 Å². The summed E-state index contributed by atoms with van der Waals surface area (Å²) in [5.41, 5.74) is 2.86. The largest absolute Gasteiger partial charge is 0.354 e. The van der Waals surface area contributed by atoms with E-state index in [1.54, 1.807) is 43.3 Å². The Morgan fingerprint density at radius 3 is 2.23 bits per heavy atom. The van der Waals surface area contributed by atoms with Crippen molar-refractivity contribution in [3.8, 4) is 0 Å². The van der Waals surface area contributed by atoms with Gasteiger partial charge in [-0.15, -0.1) is 0 Å². The molecule has 3 rings (SSSR count). The Hall–Kier alpha value is -3.36. The number of aryl methyl sites for hydroxylation is 2. The zero-order chi connectivity index (χ0) is 28.6. The van der Waals surface area contributed by atoms with Gasteiger partial charge in [0.15, 0.2) is 0 Å². The second kappa shape index (κ2) is 13.6. The van der Waals surface area contributed by atoms with Crippen molar-refractivity contribution in [2.24, 2.45) is 0 Å². The molecule has 1 atom stereocenters. The van der Waals surface area contributed by atoms with Gasteiger partial charge in [-0.3, -0.25) is 13.9 Å². The van der Waals surface area contributed by atoms with E-state index in [-0.39, 0.29) is 17.3 Å². The minimum Gasteiger partial charge on any atom is -0.354 e. The molecule has 0 spiro atoms. The lowest BCUT2D eigenvalue weighted by Crippen LogP contribution is -2.52. The summed E-state index contributed by atoms with van der Waals surface area (Å²) in [7, 11) is -4.14. The third-order valence-corrected chi connectivity index (χ3v) is 8.47. The van der Waals surface area contributed by atoms with E-state index >= 15 is 0 Å². The summed E-state index contributed by atoms with van der Waals surface area (Å²) < 4.78 is 28.9. The molecule has 2 amide bonds. The fourth-order valence-electron chi connectivity index (χ4n) is 4.26. The molecule has 0 aromatic heterocycles. The molecule has 0 bridgehead atoms. The standard InChI is InChI=1S/C30H36ClN3O4S/c1-5-18-32-30(36)27(6-2)33(20-24-15-12-22(3)13-16-24)29(35)21-34(28-19-25(31)17-14-23(28)4)39(37,38)26-10-8-7-9-11-26/h7-17,19,27H,5-6,18,20-21H2,1-4H3,(H,32,36)/t27-/m1/s1. The van der Waals surface area contributed by atoms with Crippen molar-refractivity contribution in [2.75, 3.05) is 17.4 Å². The van der Waals surface area contributed by atoms with Gasteiger partial charge in [-0.05, 0) is 62.1 Å². The summed E-state index contributed by atoms with van der Waals surface area (Å²) in [4.78, 5) is 28.7. The van der Waals surface area contributed by atoms with Crippen LogP contribution in [0, 0.1) is 13.8 Å². The molecule has 0 heterocycles. The number of anilines is 1. The van der Waals surface area contributed by atoms with E-state index < -0.39 is 28.5 Å². The molecule has 7 nitrogen and oxygen atoms in total. The number of nitrogens with one attached hydrogen (secondary N) is 1. The molecule has 0 aliphatic rings. The first-order chi connectivity index (χ1) is 18.6. The smallest absolute Gasteiger partial charge is 0.264 e. The number of rotatable bonds is 12. The number of hydrogen-bond acceptors (Lipinski definition) is 4. The van der Waals surface area contributed by atoms with Crippen LogP contribution in [0.1, 0.15) is 43.4 Å². The lowest BCUT2D eigenvalue weighted by atomic mass is 10.1. The third-order valence-electron chi connectivity index (χ3n) is 6.46. The van der Waals surface area contributed by atoms with Gasteiger partial charge in [-0.25, -0.2) is 8.42 Å². The maximum Gasteiger partial charge on any atom is 0.264 e. The van der Waals surface area contributed by atoms with E-state index in [2.05, 4.69) is 5.32 Å². The van der Waals surface area contributed by atoms with Gasteiger partial charge >= 0.3 is 0 Å². The second-order valence-electron chi connectivity index (χ2n) is 9.48. The minimum atomic E-state index is -4.14. The van der Waals surface area contributed by atoms with Crippen LogP contribution in [0.25, 0.3) is 0 Å². The molecule has 0 saturated carbocycles. The van der Waals surface area contributed by atoms with Crippen LogP contribution in [-0.4, -0.2) is 44.3 Å². The quantitative estimate of drug-likeness (QED) is 0.313. The predicted octanol–water partition coefficient (Wildman–Crippen LogP) is 5.49. The highest BCUT2D eigenvalue weighted by molar-refractivity contribution is 7.92. The number of sulfonamides is 1. The van der Waals surface area contributed by atoms with Gasteiger partial charge in [-0.1, -0.05) is 79.5 Å². The van der Waals surface area contributed by atoms with E-state index in [0.29, 0.717) is 29.2 Å². The van der Waals surface area contributed by atoms with Crippen molar-refractivity contribution < 1.29 is 18.0 Å². The first-order valence-electron chi connectivity index (χ1n) is 13.0. The van der Waals surface area contributed by atoms with Crippen LogP contribution in [-0.2, 0) is 26.2 Å². The fourth-order valence-corrected chi connectivity index (χ4v) is 5.92. The molecule has 208 valence electrons. The molecular formula is C30H36ClN3O4S. The average Bonchev–Trinajstić information content (AvgIpc) is 2.93. The molecule has 0 unspecified atom stereocenters. The summed E-state index contributed by atoms with van der Waals surface area (Å²) >= 11 is 6.27. The highest BCUT2D eigenvalue weighted by atomic mass is 35.5. The van der Waals surface area contributed by atoms with E-state index in [4.69, 9.17) is 11.6 Å². The van der Waals surface area contributed by atoms with Crippen LogP contribution >= 0.6 is 11.6 Å². The molecular weight excluding hydrogens is 534 g/mol. The average molecular weight is 570 g/mol. The number of benzene rings is 3. The van der Waals surface area contributed by atoms with Crippen LogP contribution in [0.15, 0.2) is 77.7 Å². The van der Waals surface area contributed by atoms with E-state index in [0.717, 1.165) is 21.9 Å². The molecule has 0 aliphatic heterocycles. The zero-order valence-corrected chi connectivity index (χ0v) is 24.4. The Balaban J connectivity index is 2.07. The Bertz CT molecular complexity index is 1380. The Labute approximate surface area is 236 Å². The molecule has 3 aromatic rings. The topological polar surface area (TPSA) is 86.8 Å². The van der Waals surface area contributed by atoms with Crippen LogP contribution in [0.4, 0.5) is 5.69 Å². The van der Waals surface area contributed by atoms with Crippen molar-refractivity contribution in [1.82, 2.24) is 10.2 Å². The first kappa shape index (κ1) is 30.2. The lowest BCUT2D eigenvalue weighted by Gasteiger charge is -2.33. The first-order valence-corrected chi connectivity index (χ1v) is 14.9. The molecule has 1 N–H and O–H groups in total. The summed E-state index contributed by atoms with van der Waals surface area (Å²) in [6, 6.07) is 19.8. The van der Waals surface area contributed by atoms with Crippen LogP contribution in [0.3, 0.4) is 0 Å². The van der Waals surface area contributed by atoms with E-state index in [9.17, 15) is 18.0 Å². The van der Waals surface area contributed by atoms with Gasteiger partial charge in [0.1, 0.15) is 12.6 Å².